The molecule has 17 heteroatoms. The van der Waals surface area contributed by atoms with Crippen molar-refractivity contribution in [3.8, 4) is 22.6 Å². The van der Waals surface area contributed by atoms with Gasteiger partial charge in [0.15, 0.2) is 0 Å². The molecule has 0 bridgehead atoms. The van der Waals surface area contributed by atoms with E-state index in [0.29, 0.717) is 11.3 Å². The lowest BCUT2D eigenvalue weighted by Gasteiger charge is -2.40. The maximum Gasteiger partial charge on any atom is 0.294 e. The van der Waals surface area contributed by atoms with Crippen LogP contribution >= 0.6 is 0 Å². The van der Waals surface area contributed by atoms with Gasteiger partial charge in [-0.2, -0.15) is 0 Å². The molecule has 0 unspecified atom stereocenters. The topological polar surface area (TPSA) is 244 Å². The van der Waals surface area contributed by atoms with Gasteiger partial charge in [-0.1, -0.05) is 12.1 Å². The highest BCUT2D eigenvalue weighted by Crippen LogP contribution is 2.41. The predicted molar refractivity (Wildman–Crippen MR) is 138 cm³/mol. The lowest BCUT2D eigenvalue weighted by atomic mass is 9.89. The Morgan fingerprint density at radius 1 is 0.833 bits per heavy atom. The molecule has 17 nitrogen and oxygen atoms in total. The maximum atomic E-state index is 13.5. The third-order valence-corrected chi connectivity index (χ3v) is 6.37. The van der Waals surface area contributed by atoms with Gasteiger partial charge in [0.1, 0.15) is 80.3 Å². The highest BCUT2D eigenvalue weighted by molar-refractivity contribution is 5.86. The Kier molecular flexibility index (Phi) is 9.71. The van der Waals surface area contributed by atoms with Gasteiger partial charge in [0, 0.05) is 0 Å². The van der Waals surface area contributed by atoms with E-state index in [4.69, 9.17) is 18.6 Å². The summed E-state index contributed by atoms with van der Waals surface area (Å²) >= 11 is 0. The molecule has 0 aliphatic carbocycles. The number of hydrogen-bond donors (Lipinski definition) is 4. The Morgan fingerprint density at radius 2 is 1.48 bits per heavy atom. The van der Waals surface area contributed by atoms with E-state index >= 15 is 0 Å². The zero-order chi connectivity index (χ0) is 30.4. The first-order valence-electron chi connectivity index (χ1n) is 12.4. The number of ether oxygens (including phenoxy) is 3. The van der Waals surface area contributed by atoms with E-state index in [1.165, 1.54) is 24.3 Å². The van der Waals surface area contributed by atoms with Crippen LogP contribution in [-0.4, -0.2) is 88.0 Å². The molecule has 42 heavy (non-hydrogen) atoms. The number of rotatable bonds is 13. The van der Waals surface area contributed by atoms with Crippen molar-refractivity contribution in [3.63, 3.8) is 0 Å². The molecule has 1 aliphatic rings. The van der Waals surface area contributed by atoms with E-state index in [2.05, 4.69) is 9.68 Å². The van der Waals surface area contributed by atoms with E-state index in [1.54, 1.807) is 12.1 Å². The van der Waals surface area contributed by atoms with Crippen LogP contribution in [-0.2, 0) is 14.4 Å². The number of hydrogen-bond acceptors (Lipinski definition) is 15. The predicted octanol–water partition coefficient (Wildman–Crippen LogP) is 0.149. The summed E-state index contributed by atoms with van der Waals surface area (Å²) in [5, 5.41) is 59.8. The fourth-order valence-corrected chi connectivity index (χ4v) is 4.40. The van der Waals surface area contributed by atoms with E-state index in [9.17, 15) is 45.4 Å². The summed E-state index contributed by atoms with van der Waals surface area (Å²) in [6.07, 6.45) is -6.75. The van der Waals surface area contributed by atoms with Crippen LogP contribution < -0.4 is 14.9 Å². The SMILES string of the molecule is O=c1c(-c2ccc(OCCO[N+](=O)[O-])cc2)coc2c([C@@H]3O[C@H](CO)[C@@H](O)[C@H](O)[C@H]3O)c(OCCO[N+](=O)[O-])ccc12. The first kappa shape index (κ1) is 30.4. The molecule has 5 atom stereocenters. The molecule has 226 valence electrons. The lowest BCUT2D eigenvalue weighted by molar-refractivity contribution is -0.757. The van der Waals surface area contributed by atoms with E-state index in [1.807, 2.05) is 0 Å². The summed E-state index contributed by atoms with van der Waals surface area (Å²) in [5.41, 5.74) is -0.0792. The molecule has 0 amide bonds. The van der Waals surface area contributed by atoms with Crippen molar-refractivity contribution in [2.45, 2.75) is 30.5 Å². The second kappa shape index (κ2) is 13.4. The summed E-state index contributed by atoms with van der Waals surface area (Å²) in [6.45, 7) is -1.85. The van der Waals surface area contributed by atoms with Gasteiger partial charge >= 0.3 is 0 Å². The molecule has 4 rings (SSSR count). The Morgan fingerprint density at radius 3 is 2.10 bits per heavy atom. The molecule has 4 N–H and O–H groups in total. The first-order chi connectivity index (χ1) is 20.1. The van der Waals surface area contributed by atoms with Crippen molar-refractivity contribution < 1.29 is 58.9 Å². The van der Waals surface area contributed by atoms with Crippen LogP contribution in [0.15, 0.2) is 51.9 Å². The summed E-state index contributed by atoms with van der Waals surface area (Å²) in [4.78, 5) is 42.7. The van der Waals surface area contributed by atoms with Crippen molar-refractivity contribution in [1.29, 1.82) is 0 Å². The van der Waals surface area contributed by atoms with Crippen molar-refractivity contribution >= 4 is 11.0 Å². The van der Waals surface area contributed by atoms with E-state index in [0.717, 1.165) is 6.26 Å². The minimum absolute atomic E-state index is 0.0191. The van der Waals surface area contributed by atoms with Crippen LogP contribution in [0.25, 0.3) is 22.1 Å². The molecule has 3 aromatic rings. The number of aliphatic hydroxyl groups excluding tert-OH is 4. The standard InChI is InChI=1S/C25H26N2O15/c28-11-18-21(30)22(31)23(32)25(42-18)19-17(38-8-10-41-27(35)36)6-5-15-20(29)16(12-39-24(15)19)13-1-3-14(4-2-13)37-7-9-40-26(33)34/h1-6,12,18,21-23,25,28,30-32H,7-11H2/t18-,21-,22+,23-,25+/m1/s1. The molecule has 1 fully saturated rings. The second-order valence-corrected chi connectivity index (χ2v) is 8.92. The van der Waals surface area contributed by atoms with Crippen molar-refractivity contribution in [1.82, 2.24) is 0 Å². The van der Waals surface area contributed by atoms with Crippen LogP contribution in [0.2, 0.25) is 0 Å². The van der Waals surface area contributed by atoms with Gasteiger partial charge in [-0.25, -0.2) is 0 Å². The Hall–Kier alpha value is -4.55. The van der Waals surface area contributed by atoms with Crippen molar-refractivity contribution in [2.75, 3.05) is 33.0 Å². The quantitative estimate of drug-likeness (QED) is 0.117. The van der Waals surface area contributed by atoms with Crippen molar-refractivity contribution in [2.24, 2.45) is 0 Å². The van der Waals surface area contributed by atoms with Gasteiger partial charge in [-0.3, -0.25) is 4.79 Å². The highest BCUT2D eigenvalue weighted by atomic mass is 17.0. The number of fused-ring (bicyclic) bond motifs is 1. The van der Waals surface area contributed by atoms with Gasteiger partial charge in [0.05, 0.1) is 23.1 Å². The molecule has 2 aromatic carbocycles. The van der Waals surface area contributed by atoms with Crippen LogP contribution in [0.5, 0.6) is 11.5 Å². The van der Waals surface area contributed by atoms with E-state index in [-0.39, 0.29) is 47.7 Å². The molecule has 1 aromatic heterocycles. The molecule has 1 aliphatic heterocycles. The van der Waals surface area contributed by atoms with Gasteiger partial charge in [0.25, 0.3) is 10.2 Å². The number of aliphatic hydroxyl groups is 4. The number of nitrogens with zero attached hydrogens (tertiary/aromatic N) is 2. The summed E-state index contributed by atoms with van der Waals surface area (Å²) in [6, 6.07) is 8.91. The third kappa shape index (κ3) is 6.67. The monoisotopic (exact) mass is 594 g/mol. The average Bonchev–Trinajstić information content (AvgIpc) is 2.97. The van der Waals surface area contributed by atoms with Crippen LogP contribution in [0.3, 0.4) is 0 Å². The average molecular weight is 594 g/mol. The summed E-state index contributed by atoms with van der Waals surface area (Å²) in [5.74, 6) is 0.334. The van der Waals surface area contributed by atoms with Gasteiger partial charge in [-0.15, -0.1) is 20.2 Å². The fraction of sp³-hybridized carbons (Fsp3) is 0.400. The molecule has 0 radical (unpaired) electrons. The molecular formula is C25H26N2O15. The van der Waals surface area contributed by atoms with Gasteiger partial charge < -0.3 is 48.7 Å². The van der Waals surface area contributed by atoms with Crippen LogP contribution in [0.4, 0.5) is 0 Å². The van der Waals surface area contributed by atoms with Crippen LogP contribution in [0.1, 0.15) is 11.7 Å². The Balaban J connectivity index is 1.70. The number of benzene rings is 2. The Bertz CT molecular complexity index is 1460. The lowest BCUT2D eigenvalue weighted by Crippen LogP contribution is -2.55. The third-order valence-electron chi connectivity index (χ3n) is 6.37. The zero-order valence-electron chi connectivity index (χ0n) is 21.6. The fourth-order valence-electron chi connectivity index (χ4n) is 4.40. The Labute approximate surface area is 235 Å². The molecular weight excluding hydrogens is 568 g/mol. The first-order valence-corrected chi connectivity index (χ1v) is 12.4. The van der Waals surface area contributed by atoms with E-state index < -0.39 is 59.3 Å². The normalized spacial score (nSPS) is 22.0. The minimum Gasteiger partial charge on any atom is -0.492 e. The van der Waals surface area contributed by atoms with Gasteiger partial charge in [0.2, 0.25) is 5.43 Å². The van der Waals surface area contributed by atoms with Crippen LogP contribution in [0, 0.1) is 20.2 Å². The smallest absolute Gasteiger partial charge is 0.294 e. The zero-order valence-corrected chi connectivity index (χ0v) is 21.6. The van der Waals surface area contributed by atoms with Crippen molar-refractivity contribution in [3.05, 3.63) is 78.7 Å². The molecule has 2 heterocycles. The minimum atomic E-state index is -1.75. The molecule has 1 saturated heterocycles. The molecule has 0 saturated carbocycles. The highest BCUT2D eigenvalue weighted by Gasteiger charge is 2.46. The summed E-state index contributed by atoms with van der Waals surface area (Å²) in [7, 11) is 0. The molecule has 0 spiro atoms. The maximum absolute atomic E-state index is 13.5. The second-order valence-electron chi connectivity index (χ2n) is 8.92. The summed E-state index contributed by atoms with van der Waals surface area (Å²) < 4.78 is 22.5. The largest absolute Gasteiger partial charge is 0.492 e. The van der Waals surface area contributed by atoms with Gasteiger partial charge in [-0.05, 0) is 29.8 Å².